The van der Waals surface area contributed by atoms with Crippen LogP contribution in [0.3, 0.4) is 0 Å². The van der Waals surface area contributed by atoms with Gasteiger partial charge in [-0.25, -0.2) is 9.59 Å². The van der Waals surface area contributed by atoms with Crippen molar-refractivity contribution in [1.82, 2.24) is 10.6 Å². The number of carbonyl (C=O) groups excluding carboxylic acids is 3. The lowest BCUT2D eigenvalue weighted by Crippen LogP contribution is -2.48. The van der Waals surface area contributed by atoms with Crippen molar-refractivity contribution in [3.63, 3.8) is 0 Å². The molecular weight excluding hydrogens is 378 g/mol. The van der Waals surface area contributed by atoms with Gasteiger partial charge in [-0.3, -0.25) is 10.1 Å². The van der Waals surface area contributed by atoms with E-state index in [-0.39, 0.29) is 6.04 Å². The van der Waals surface area contributed by atoms with Crippen molar-refractivity contribution >= 4 is 24.1 Å². The van der Waals surface area contributed by atoms with Gasteiger partial charge in [-0.2, -0.15) is 0 Å². The number of urea groups is 1. The maximum absolute atomic E-state index is 11.9. The topological polar surface area (TPSA) is 115 Å². The Balaban J connectivity index is 1.60. The number of methoxy groups -OCH3 is 1. The molecule has 1 saturated carbocycles. The summed E-state index contributed by atoms with van der Waals surface area (Å²) >= 11 is 0. The lowest BCUT2D eigenvalue weighted by atomic mass is 9.86. The predicted octanol–water partition coefficient (Wildman–Crippen LogP) is 1.99. The van der Waals surface area contributed by atoms with Crippen LogP contribution in [0, 0.1) is 5.92 Å². The number of carbonyl (C=O) groups is 3. The number of rotatable bonds is 8. The molecule has 1 fully saturated rings. The lowest BCUT2D eigenvalue weighted by molar-refractivity contribution is -0.152. The fourth-order valence-electron chi connectivity index (χ4n) is 2.96. The molecule has 3 amide bonds. The fraction of sp³-hybridized carbons (Fsp3) is 0.500. The summed E-state index contributed by atoms with van der Waals surface area (Å²) in [6.07, 6.45) is 5.59. The van der Waals surface area contributed by atoms with Gasteiger partial charge >= 0.3 is 12.0 Å². The van der Waals surface area contributed by atoms with Crippen LogP contribution >= 0.6 is 0 Å². The molecule has 0 heterocycles. The molecule has 9 nitrogen and oxygen atoms in total. The van der Waals surface area contributed by atoms with Gasteiger partial charge in [-0.15, -0.1) is 0 Å². The van der Waals surface area contributed by atoms with Gasteiger partial charge < -0.3 is 19.6 Å². The predicted molar refractivity (Wildman–Crippen MR) is 106 cm³/mol. The van der Waals surface area contributed by atoms with Gasteiger partial charge in [-0.05, 0) is 48.6 Å². The Hall–Kier alpha value is -3.10. The smallest absolute Gasteiger partial charge is 0.347 e. The van der Waals surface area contributed by atoms with E-state index in [1.807, 2.05) is 0 Å². The van der Waals surface area contributed by atoms with Gasteiger partial charge in [0.25, 0.3) is 5.91 Å². The second-order valence-corrected chi connectivity index (χ2v) is 6.83. The van der Waals surface area contributed by atoms with Gasteiger partial charge in [0.15, 0.2) is 6.61 Å². The van der Waals surface area contributed by atoms with E-state index in [0.29, 0.717) is 11.7 Å². The highest BCUT2D eigenvalue weighted by Crippen LogP contribution is 2.23. The van der Waals surface area contributed by atoms with Gasteiger partial charge in [0.05, 0.1) is 13.3 Å². The van der Waals surface area contributed by atoms with Crippen molar-refractivity contribution in [2.24, 2.45) is 11.1 Å². The standard InChI is InChI=1S/C20H27N3O6/c1-14-5-3-4-6-17(14)22-20(26)23-18(24)12-28-19(25)13-29-21-11-15-7-9-16(27-2)10-8-15/h7-11,14,17H,3-6,12-13H2,1-2H3,(H2,22,23,24,26)/b21-11-/t14-,17-/m1/s1. The molecule has 2 rings (SSSR count). The highest BCUT2D eigenvalue weighted by Gasteiger charge is 2.23. The van der Waals surface area contributed by atoms with Crippen LogP contribution in [0.5, 0.6) is 5.75 Å². The van der Waals surface area contributed by atoms with Gasteiger partial charge in [0.1, 0.15) is 5.75 Å². The Labute approximate surface area is 169 Å². The first-order valence-corrected chi connectivity index (χ1v) is 9.53. The Kier molecular flexibility index (Phi) is 8.94. The minimum absolute atomic E-state index is 0.0519. The van der Waals surface area contributed by atoms with E-state index in [1.165, 1.54) is 6.21 Å². The zero-order chi connectivity index (χ0) is 21.1. The highest BCUT2D eigenvalue weighted by molar-refractivity contribution is 5.95. The molecule has 2 N–H and O–H groups in total. The molecule has 0 radical (unpaired) electrons. The molecule has 2 atom stereocenters. The molecule has 0 saturated heterocycles. The Bertz CT molecular complexity index is 719. The molecule has 1 aromatic carbocycles. The number of imide groups is 1. The number of benzene rings is 1. The molecule has 0 aliphatic heterocycles. The molecule has 0 unspecified atom stereocenters. The molecule has 1 aliphatic rings. The number of nitrogens with one attached hydrogen (secondary N) is 2. The van der Waals surface area contributed by atoms with Crippen molar-refractivity contribution in [2.75, 3.05) is 20.3 Å². The second-order valence-electron chi connectivity index (χ2n) is 6.83. The summed E-state index contributed by atoms with van der Waals surface area (Å²) in [7, 11) is 1.57. The van der Waals surface area contributed by atoms with E-state index in [2.05, 4.69) is 22.7 Å². The number of oxime groups is 1. The van der Waals surface area contributed by atoms with Crippen molar-refractivity contribution in [2.45, 2.75) is 38.6 Å². The molecule has 0 aromatic heterocycles. The number of hydrogen-bond acceptors (Lipinski definition) is 7. The molecule has 1 aromatic rings. The number of hydrogen-bond donors (Lipinski definition) is 2. The first-order chi connectivity index (χ1) is 14.0. The van der Waals surface area contributed by atoms with Gasteiger partial charge in [-0.1, -0.05) is 24.9 Å². The van der Waals surface area contributed by atoms with E-state index < -0.39 is 31.1 Å². The number of amides is 3. The Morgan fingerprint density at radius 2 is 1.86 bits per heavy atom. The average Bonchev–Trinajstić information content (AvgIpc) is 2.72. The van der Waals surface area contributed by atoms with Crippen molar-refractivity contribution in [1.29, 1.82) is 0 Å². The lowest BCUT2D eigenvalue weighted by Gasteiger charge is -2.29. The molecule has 1 aliphatic carbocycles. The van der Waals surface area contributed by atoms with Crippen LogP contribution in [-0.4, -0.2) is 50.5 Å². The number of ether oxygens (including phenoxy) is 2. The van der Waals surface area contributed by atoms with Crippen LogP contribution < -0.4 is 15.4 Å². The summed E-state index contributed by atoms with van der Waals surface area (Å²) in [5, 5.41) is 8.60. The van der Waals surface area contributed by atoms with Crippen molar-refractivity contribution in [3.8, 4) is 5.75 Å². The molecule has 158 valence electrons. The van der Waals surface area contributed by atoms with Crippen LogP contribution in [0.1, 0.15) is 38.2 Å². The van der Waals surface area contributed by atoms with Crippen LogP contribution in [-0.2, 0) is 19.2 Å². The third-order valence-corrected chi connectivity index (χ3v) is 4.62. The van der Waals surface area contributed by atoms with Crippen LogP contribution in [0.4, 0.5) is 4.79 Å². The average molecular weight is 405 g/mol. The van der Waals surface area contributed by atoms with Crippen LogP contribution in [0.2, 0.25) is 0 Å². The molecule has 0 spiro atoms. The Morgan fingerprint density at radius 3 is 2.55 bits per heavy atom. The summed E-state index contributed by atoms with van der Waals surface area (Å²) < 4.78 is 9.80. The van der Waals surface area contributed by atoms with Gasteiger partial charge in [0.2, 0.25) is 6.61 Å². The summed E-state index contributed by atoms with van der Waals surface area (Å²) in [5.41, 5.74) is 0.761. The quantitative estimate of drug-likeness (QED) is 0.388. The number of esters is 1. The van der Waals surface area contributed by atoms with Crippen molar-refractivity contribution in [3.05, 3.63) is 29.8 Å². The Morgan fingerprint density at radius 1 is 1.14 bits per heavy atom. The van der Waals surface area contributed by atoms with Gasteiger partial charge in [0, 0.05) is 6.04 Å². The van der Waals surface area contributed by atoms with Crippen LogP contribution in [0.25, 0.3) is 0 Å². The minimum atomic E-state index is -0.770. The van der Waals surface area contributed by atoms with E-state index in [9.17, 15) is 14.4 Å². The molecule has 0 bridgehead atoms. The zero-order valence-corrected chi connectivity index (χ0v) is 16.7. The van der Waals surface area contributed by atoms with Crippen LogP contribution in [0.15, 0.2) is 29.4 Å². The number of nitrogens with zero attached hydrogens (tertiary/aromatic N) is 1. The van der Waals surface area contributed by atoms with E-state index >= 15 is 0 Å². The van der Waals surface area contributed by atoms with Crippen molar-refractivity contribution < 1.29 is 28.7 Å². The third kappa shape index (κ3) is 8.20. The monoisotopic (exact) mass is 405 g/mol. The summed E-state index contributed by atoms with van der Waals surface area (Å²) in [6, 6.07) is 6.54. The summed E-state index contributed by atoms with van der Waals surface area (Å²) in [6.45, 7) is 1.05. The van der Waals surface area contributed by atoms with E-state index in [1.54, 1.807) is 31.4 Å². The fourth-order valence-corrected chi connectivity index (χ4v) is 2.96. The largest absolute Gasteiger partial charge is 0.497 e. The third-order valence-electron chi connectivity index (χ3n) is 4.62. The SMILES string of the molecule is COc1ccc(/C=N\OCC(=O)OCC(=O)NC(=O)N[C@@H]2CCCC[C@H]2C)cc1. The second kappa shape index (κ2) is 11.7. The van der Waals surface area contributed by atoms with E-state index in [4.69, 9.17) is 14.3 Å². The normalized spacial score (nSPS) is 18.7. The summed E-state index contributed by atoms with van der Waals surface area (Å²) in [5.74, 6) is -0.390. The zero-order valence-electron chi connectivity index (χ0n) is 16.7. The maximum Gasteiger partial charge on any atom is 0.347 e. The first kappa shape index (κ1) is 22.2. The molecular formula is C20H27N3O6. The molecule has 29 heavy (non-hydrogen) atoms. The first-order valence-electron chi connectivity index (χ1n) is 9.53. The minimum Gasteiger partial charge on any atom is -0.497 e. The maximum atomic E-state index is 11.9. The van der Waals surface area contributed by atoms with E-state index in [0.717, 1.165) is 31.2 Å². The summed E-state index contributed by atoms with van der Waals surface area (Å²) in [4.78, 5) is 40.0. The molecule has 9 heteroatoms. The highest BCUT2D eigenvalue weighted by atomic mass is 16.7.